The molecular formula is C34H62O8. The number of esters is 1. The average molecular weight is 599 g/mol. The number of ether oxygens (including phenoxy) is 1. The van der Waals surface area contributed by atoms with Crippen molar-refractivity contribution in [3.05, 3.63) is 0 Å². The van der Waals surface area contributed by atoms with E-state index in [4.69, 9.17) is 4.74 Å². The first-order valence-electron chi connectivity index (χ1n) is 17.0. The fraction of sp³-hybridized carbons (Fsp3) is 0.882. The first kappa shape index (κ1) is 39.9. The number of carbonyl (C=O) groups excluding carboxylic acids is 1. The topological polar surface area (TPSA) is 138 Å². The molecule has 0 fully saturated rings. The molecule has 3 N–H and O–H groups in total. The Kier molecular flexibility index (Phi) is 24.1. The highest BCUT2D eigenvalue weighted by Gasteiger charge is 2.54. The number of carbonyl (C=O) groups is 4. The van der Waals surface area contributed by atoms with Crippen molar-refractivity contribution in [1.82, 2.24) is 0 Å². The van der Waals surface area contributed by atoms with Crippen LogP contribution in [0.3, 0.4) is 0 Å². The molecule has 0 aromatic rings. The second-order valence-electron chi connectivity index (χ2n) is 12.6. The molecule has 0 spiro atoms. The maximum atomic E-state index is 12.5. The number of carboxylic acids is 3. The summed E-state index contributed by atoms with van der Waals surface area (Å²) in [6, 6.07) is 0. The molecule has 42 heavy (non-hydrogen) atoms. The van der Waals surface area contributed by atoms with Crippen LogP contribution >= 0.6 is 0 Å². The van der Waals surface area contributed by atoms with E-state index in [2.05, 4.69) is 20.8 Å². The van der Waals surface area contributed by atoms with Crippen LogP contribution in [-0.2, 0) is 23.9 Å². The van der Waals surface area contributed by atoms with Gasteiger partial charge >= 0.3 is 23.9 Å². The van der Waals surface area contributed by atoms with E-state index in [0.717, 1.165) is 57.3 Å². The van der Waals surface area contributed by atoms with Gasteiger partial charge in [-0.05, 0) is 18.8 Å². The summed E-state index contributed by atoms with van der Waals surface area (Å²) in [7, 11) is 0. The van der Waals surface area contributed by atoms with Crippen LogP contribution in [0.4, 0.5) is 0 Å². The zero-order valence-electron chi connectivity index (χ0n) is 27.0. The summed E-state index contributed by atoms with van der Waals surface area (Å²) in [5.41, 5.74) is -2.62. The van der Waals surface area contributed by atoms with Crippen LogP contribution in [0.5, 0.6) is 0 Å². The molecule has 0 aliphatic carbocycles. The van der Waals surface area contributed by atoms with Crippen molar-refractivity contribution in [3.8, 4) is 0 Å². The predicted molar refractivity (Wildman–Crippen MR) is 167 cm³/mol. The van der Waals surface area contributed by atoms with Gasteiger partial charge < -0.3 is 20.1 Å². The fourth-order valence-corrected chi connectivity index (χ4v) is 5.61. The first-order chi connectivity index (χ1) is 20.1. The summed E-state index contributed by atoms with van der Waals surface area (Å²) in [5, 5.41) is 29.2. The van der Waals surface area contributed by atoms with Gasteiger partial charge in [0.15, 0.2) is 0 Å². The van der Waals surface area contributed by atoms with Crippen molar-refractivity contribution in [2.24, 2.45) is 11.8 Å². The summed E-state index contributed by atoms with van der Waals surface area (Å²) in [5.74, 6) is -6.37. The zero-order chi connectivity index (χ0) is 31.6. The third kappa shape index (κ3) is 19.9. The maximum Gasteiger partial charge on any atom is 0.349 e. The summed E-state index contributed by atoms with van der Waals surface area (Å²) in [6.07, 6.45) is 21.7. The Morgan fingerprint density at radius 3 is 1.38 bits per heavy atom. The Hall–Kier alpha value is -2.12. The summed E-state index contributed by atoms with van der Waals surface area (Å²) < 4.78 is 5.23. The van der Waals surface area contributed by atoms with Crippen molar-refractivity contribution >= 4 is 23.9 Å². The van der Waals surface area contributed by atoms with Crippen molar-refractivity contribution < 1.29 is 39.2 Å². The SMILES string of the molecule is CCCCCCCC(=O)OC(CC(=O)O)(C(=O)O)C(CCCCCCCCCCCCCCCCCC(C)C)C(=O)O. The van der Waals surface area contributed by atoms with E-state index in [1.54, 1.807) is 0 Å². The third-order valence-electron chi connectivity index (χ3n) is 8.19. The van der Waals surface area contributed by atoms with Gasteiger partial charge in [0.25, 0.3) is 0 Å². The summed E-state index contributed by atoms with van der Waals surface area (Å²) >= 11 is 0. The van der Waals surface area contributed by atoms with Crippen molar-refractivity contribution in [2.45, 2.75) is 180 Å². The molecule has 0 saturated carbocycles. The Bertz CT molecular complexity index is 735. The number of aliphatic carboxylic acids is 3. The van der Waals surface area contributed by atoms with Gasteiger partial charge in [0.1, 0.15) is 5.92 Å². The smallest absolute Gasteiger partial charge is 0.349 e. The molecule has 8 nitrogen and oxygen atoms in total. The molecule has 2 atom stereocenters. The van der Waals surface area contributed by atoms with Crippen molar-refractivity contribution in [2.75, 3.05) is 0 Å². The summed E-state index contributed by atoms with van der Waals surface area (Å²) in [6.45, 7) is 6.64. The Labute approximate surface area is 255 Å². The minimum Gasteiger partial charge on any atom is -0.481 e. The van der Waals surface area contributed by atoms with E-state index >= 15 is 0 Å². The predicted octanol–water partition coefficient (Wildman–Crippen LogP) is 9.18. The number of hydrogen-bond donors (Lipinski definition) is 3. The van der Waals surface area contributed by atoms with Crippen molar-refractivity contribution in [1.29, 1.82) is 0 Å². The zero-order valence-corrected chi connectivity index (χ0v) is 27.0. The van der Waals surface area contributed by atoms with Crippen LogP contribution in [0.15, 0.2) is 0 Å². The van der Waals surface area contributed by atoms with E-state index in [1.807, 2.05) is 0 Å². The highest BCUT2D eigenvalue weighted by atomic mass is 16.6. The number of rotatable bonds is 30. The minimum atomic E-state index is -2.62. The van der Waals surface area contributed by atoms with Crippen LogP contribution in [-0.4, -0.2) is 44.8 Å². The lowest BCUT2D eigenvalue weighted by atomic mass is 9.80. The second kappa shape index (κ2) is 25.4. The standard InChI is InChI=1S/C34H62O8/c1-4-5-6-18-23-26-31(37)42-34(33(40)41,27-30(35)36)29(32(38)39)25-22-20-17-15-13-11-9-7-8-10-12-14-16-19-21-24-28(2)3/h28-29H,4-27H2,1-3H3,(H,35,36)(H,38,39)(H,40,41). The van der Waals surface area contributed by atoms with Gasteiger partial charge in [-0.25, -0.2) is 4.79 Å². The first-order valence-corrected chi connectivity index (χ1v) is 17.0. The third-order valence-corrected chi connectivity index (χ3v) is 8.19. The molecule has 0 heterocycles. The number of carboxylic acid groups (broad SMARTS) is 3. The molecule has 0 radical (unpaired) electrons. The van der Waals surface area contributed by atoms with Gasteiger partial charge in [0, 0.05) is 6.42 Å². The quantitative estimate of drug-likeness (QED) is 0.0549. The lowest BCUT2D eigenvalue weighted by Gasteiger charge is -2.33. The second-order valence-corrected chi connectivity index (χ2v) is 12.6. The Morgan fingerprint density at radius 1 is 0.595 bits per heavy atom. The normalized spacial score (nSPS) is 13.5. The van der Waals surface area contributed by atoms with Gasteiger partial charge in [0.05, 0.1) is 6.42 Å². The highest BCUT2D eigenvalue weighted by Crippen LogP contribution is 2.33. The molecule has 0 rings (SSSR count). The molecule has 0 saturated heterocycles. The highest BCUT2D eigenvalue weighted by molar-refractivity contribution is 5.92. The maximum absolute atomic E-state index is 12.5. The van der Waals surface area contributed by atoms with Crippen LogP contribution in [0, 0.1) is 11.8 Å². The van der Waals surface area contributed by atoms with E-state index in [9.17, 15) is 34.5 Å². The largest absolute Gasteiger partial charge is 0.481 e. The fourth-order valence-electron chi connectivity index (χ4n) is 5.61. The van der Waals surface area contributed by atoms with Crippen LogP contribution < -0.4 is 0 Å². The number of hydrogen-bond acceptors (Lipinski definition) is 5. The monoisotopic (exact) mass is 598 g/mol. The van der Waals surface area contributed by atoms with Gasteiger partial charge in [-0.3, -0.25) is 14.4 Å². The average Bonchev–Trinajstić information content (AvgIpc) is 2.91. The summed E-state index contributed by atoms with van der Waals surface area (Å²) in [4.78, 5) is 48.4. The van der Waals surface area contributed by atoms with E-state index in [0.29, 0.717) is 12.8 Å². The van der Waals surface area contributed by atoms with Crippen LogP contribution in [0.25, 0.3) is 0 Å². The van der Waals surface area contributed by atoms with Gasteiger partial charge in [-0.15, -0.1) is 0 Å². The molecule has 0 aliphatic rings. The minimum absolute atomic E-state index is 0.0591. The van der Waals surface area contributed by atoms with Crippen LogP contribution in [0.1, 0.15) is 175 Å². The van der Waals surface area contributed by atoms with E-state index in [-0.39, 0.29) is 12.8 Å². The molecule has 0 amide bonds. The number of unbranched alkanes of at least 4 members (excludes halogenated alkanes) is 18. The van der Waals surface area contributed by atoms with E-state index < -0.39 is 41.8 Å². The Balaban J connectivity index is 4.39. The van der Waals surface area contributed by atoms with E-state index in [1.165, 1.54) is 70.6 Å². The van der Waals surface area contributed by atoms with Crippen LogP contribution in [0.2, 0.25) is 0 Å². The van der Waals surface area contributed by atoms with Gasteiger partial charge in [0.2, 0.25) is 5.60 Å². The molecular weight excluding hydrogens is 536 g/mol. The van der Waals surface area contributed by atoms with Gasteiger partial charge in [-0.1, -0.05) is 149 Å². The molecule has 0 bridgehead atoms. The molecule has 0 aliphatic heterocycles. The molecule has 0 aromatic carbocycles. The van der Waals surface area contributed by atoms with Gasteiger partial charge in [-0.2, -0.15) is 0 Å². The van der Waals surface area contributed by atoms with Crippen molar-refractivity contribution in [3.63, 3.8) is 0 Å². The molecule has 2 unspecified atom stereocenters. The Morgan fingerprint density at radius 2 is 1.00 bits per heavy atom. The molecule has 8 heteroatoms. The molecule has 0 aromatic heterocycles. The lowest BCUT2D eigenvalue weighted by Crippen LogP contribution is -2.54. The molecule has 246 valence electrons. The lowest BCUT2D eigenvalue weighted by molar-refractivity contribution is -0.195.